The summed E-state index contributed by atoms with van der Waals surface area (Å²) in [5, 5.41) is 13.7. The van der Waals surface area contributed by atoms with E-state index in [1.165, 1.54) is 19.1 Å². The Morgan fingerprint density at radius 2 is 1.94 bits per heavy atom. The molecule has 2 amide bonds. The second-order valence-electron chi connectivity index (χ2n) is 3.79. The van der Waals surface area contributed by atoms with Crippen molar-refractivity contribution in [1.82, 2.24) is 5.32 Å². The minimum Gasteiger partial charge on any atom is -0.478 e. The first-order valence-corrected chi connectivity index (χ1v) is 5.28. The smallest absolute Gasteiger partial charge is 0.335 e. The van der Waals surface area contributed by atoms with E-state index >= 15 is 0 Å². The molecule has 18 heavy (non-hydrogen) atoms. The van der Waals surface area contributed by atoms with E-state index in [9.17, 15) is 14.4 Å². The molecule has 0 unspecified atom stereocenters. The molecular weight excluding hydrogens is 236 g/mol. The first-order chi connectivity index (χ1) is 8.40. The number of carboxylic acids is 1. The van der Waals surface area contributed by atoms with Crippen LogP contribution in [-0.2, 0) is 9.59 Å². The molecule has 0 aromatic heterocycles. The summed E-state index contributed by atoms with van der Waals surface area (Å²) >= 11 is 0. The van der Waals surface area contributed by atoms with Gasteiger partial charge in [0.15, 0.2) is 0 Å². The summed E-state index contributed by atoms with van der Waals surface area (Å²) in [5.74, 6) is -1.77. The van der Waals surface area contributed by atoms with Gasteiger partial charge in [-0.05, 0) is 24.6 Å². The van der Waals surface area contributed by atoms with Gasteiger partial charge in [-0.3, -0.25) is 9.59 Å². The van der Waals surface area contributed by atoms with Gasteiger partial charge in [0.25, 0.3) is 0 Å². The normalized spacial score (nSPS) is 9.67. The maximum atomic E-state index is 11.5. The zero-order chi connectivity index (χ0) is 13.7. The molecule has 96 valence electrons. The molecule has 1 aromatic rings. The highest BCUT2D eigenvalue weighted by Crippen LogP contribution is 2.16. The molecule has 0 atom stereocenters. The summed E-state index contributed by atoms with van der Waals surface area (Å²) < 4.78 is 0. The highest BCUT2D eigenvalue weighted by molar-refractivity contribution is 5.96. The molecule has 0 radical (unpaired) electrons. The second kappa shape index (κ2) is 5.81. The molecule has 3 N–H and O–H groups in total. The van der Waals surface area contributed by atoms with Crippen molar-refractivity contribution in [3.05, 3.63) is 29.3 Å². The Kier molecular flexibility index (Phi) is 4.42. The number of hydrogen-bond acceptors (Lipinski definition) is 3. The molecule has 0 fully saturated rings. The van der Waals surface area contributed by atoms with Crippen LogP contribution in [-0.4, -0.2) is 29.4 Å². The van der Waals surface area contributed by atoms with Crippen molar-refractivity contribution in [3.63, 3.8) is 0 Å². The zero-order valence-electron chi connectivity index (χ0n) is 10.1. The van der Waals surface area contributed by atoms with Crippen LogP contribution in [0.1, 0.15) is 22.8 Å². The van der Waals surface area contributed by atoms with Gasteiger partial charge >= 0.3 is 5.97 Å². The fourth-order valence-electron chi connectivity index (χ4n) is 1.29. The summed E-state index contributed by atoms with van der Waals surface area (Å²) in [5.41, 5.74) is 1.26. The fourth-order valence-corrected chi connectivity index (χ4v) is 1.29. The number of carbonyl (C=O) groups is 3. The van der Waals surface area contributed by atoms with Gasteiger partial charge in [0.2, 0.25) is 11.8 Å². The van der Waals surface area contributed by atoms with Crippen molar-refractivity contribution in [2.24, 2.45) is 0 Å². The second-order valence-corrected chi connectivity index (χ2v) is 3.79. The molecule has 0 aliphatic heterocycles. The van der Waals surface area contributed by atoms with Crippen LogP contribution in [0.3, 0.4) is 0 Å². The first-order valence-electron chi connectivity index (χ1n) is 5.28. The van der Waals surface area contributed by atoms with Crippen LogP contribution in [0.5, 0.6) is 0 Å². The van der Waals surface area contributed by atoms with E-state index in [2.05, 4.69) is 10.6 Å². The third-order valence-corrected chi connectivity index (χ3v) is 2.26. The van der Waals surface area contributed by atoms with Crippen LogP contribution in [0, 0.1) is 6.92 Å². The fraction of sp³-hybridized carbons (Fsp3) is 0.250. The van der Waals surface area contributed by atoms with Gasteiger partial charge < -0.3 is 15.7 Å². The Balaban J connectivity index is 2.77. The number of hydrogen-bond donors (Lipinski definition) is 3. The monoisotopic (exact) mass is 250 g/mol. The SMILES string of the molecule is CC(=O)NCC(=O)Nc1cc(C(=O)O)ccc1C. The number of rotatable bonds is 4. The molecule has 0 aliphatic carbocycles. The highest BCUT2D eigenvalue weighted by atomic mass is 16.4. The summed E-state index contributed by atoms with van der Waals surface area (Å²) in [6, 6.07) is 4.45. The largest absolute Gasteiger partial charge is 0.478 e. The first kappa shape index (κ1) is 13.7. The lowest BCUT2D eigenvalue weighted by atomic mass is 10.1. The van der Waals surface area contributed by atoms with Crippen molar-refractivity contribution >= 4 is 23.5 Å². The average molecular weight is 250 g/mol. The van der Waals surface area contributed by atoms with Gasteiger partial charge in [0, 0.05) is 12.6 Å². The van der Waals surface area contributed by atoms with Crippen molar-refractivity contribution in [2.45, 2.75) is 13.8 Å². The predicted molar refractivity (Wildman–Crippen MR) is 65.5 cm³/mol. The molecule has 0 spiro atoms. The summed E-state index contributed by atoms with van der Waals surface area (Å²) in [4.78, 5) is 32.9. The molecule has 1 rings (SSSR count). The molecule has 0 heterocycles. The number of carbonyl (C=O) groups excluding carboxylic acids is 2. The van der Waals surface area contributed by atoms with Gasteiger partial charge in [0.05, 0.1) is 12.1 Å². The number of aryl methyl sites for hydroxylation is 1. The number of aromatic carboxylic acids is 1. The van der Waals surface area contributed by atoms with Crippen molar-refractivity contribution < 1.29 is 19.5 Å². The van der Waals surface area contributed by atoms with Gasteiger partial charge in [-0.1, -0.05) is 6.07 Å². The lowest BCUT2D eigenvalue weighted by molar-refractivity contribution is -0.122. The van der Waals surface area contributed by atoms with E-state index < -0.39 is 11.9 Å². The van der Waals surface area contributed by atoms with Crippen LogP contribution in [0.2, 0.25) is 0 Å². The number of benzene rings is 1. The van der Waals surface area contributed by atoms with Gasteiger partial charge in [0.1, 0.15) is 0 Å². The Hall–Kier alpha value is -2.37. The van der Waals surface area contributed by atoms with E-state index in [0.717, 1.165) is 5.56 Å². The molecule has 1 aromatic carbocycles. The Labute approximate surface area is 104 Å². The van der Waals surface area contributed by atoms with Gasteiger partial charge in [-0.15, -0.1) is 0 Å². The van der Waals surface area contributed by atoms with Crippen LogP contribution in [0.25, 0.3) is 0 Å². The highest BCUT2D eigenvalue weighted by Gasteiger charge is 2.09. The van der Waals surface area contributed by atoms with E-state index in [4.69, 9.17) is 5.11 Å². The summed E-state index contributed by atoms with van der Waals surface area (Å²) in [6.07, 6.45) is 0. The van der Waals surface area contributed by atoms with E-state index in [0.29, 0.717) is 5.69 Å². The molecule has 0 aliphatic rings. The average Bonchev–Trinajstić information content (AvgIpc) is 2.29. The van der Waals surface area contributed by atoms with E-state index in [-0.39, 0.29) is 18.0 Å². The maximum Gasteiger partial charge on any atom is 0.335 e. The Morgan fingerprint density at radius 3 is 2.50 bits per heavy atom. The van der Waals surface area contributed by atoms with Crippen LogP contribution >= 0.6 is 0 Å². The topological polar surface area (TPSA) is 95.5 Å². The maximum absolute atomic E-state index is 11.5. The number of anilines is 1. The molecule has 0 saturated heterocycles. The van der Waals surface area contributed by atoms with E-state index in [1.54, 1.807) is 13.0 Å². The van der Waals surface area contributed by atoms with Crippen molar-refractivity contribution in [3.8, 4) is 0 Å². The Bertz CT molecular complexity index is 497. The number of carboxylic acid groups (broad SMARTS) is 1. The third-order valence-electron chi connectivity index (χ3n) is 2.26. The van der Waals surface area contributed by atoms with Gasteiger partial charge in [-0.25, -0.2) is 4.79 Å². The predicted octanol–water partition coefficient (Wildman–Crippen LogP) is 0.768. The molecule has 6 nitrogen and oxygen atoms in total. The third kappa shape index (κ3) is 3.89. The van der Waals surface area contributed by atoms with Crippen LogP contribution < -0.4 is 10.6 Å². The summed E-state index contributed by atoms with van der Waals surface area (Å²) in [7, 11) is 0. The minimum atomic E-state index is -1.06. The minimum absolute atomic E-state index is 0.0930. The van der Waals surface area contributed by atoms with Crippen LogP contribution in [0.15, 0.2) is 18.2 Å². The molecule has 0 saturated carbocycles. The molecular formula is C12H14N2O4. The van der Waals surface area contributed by atoms with Crippen molar-refractivity contribution in [1.29, 1.82) is 0 Å². The number of nitrogens with one attached hydrogen (secondary N) is 2. The van der Waals surface area contributed by atoms with Crippen molar-refractivity contribution in [2.75, 3.05) is 11.9 Å². The lowest BCUT2D eigenvalue weighted by Crippen LogP contribution is -2.31. The summed E-state index contributed by atoms with van der Waals surface area (Å²) in [6.45, 7) is 2.91. The zero-order valence-corrected chi connectivity index (χ0v) is 10.1. The lowest BCUT2D eigenvalue weighted by Gasteiger charge is -2.09. The number of amides is 2. The quantitative estimate of drug-likeness (QED) is 0.735. The van der Waals surface area contributed by atoms with Gasteiger partial charge in [-0.2, -0.15) is 0 Å². The molecule has 6 heteroatoms. The van der Waals surface area contributed by atoms with Crippen LogP contribution in [0.4, 0.5) is 5.69 Å². The Morgan fingerprint density at radius 1 is 1.28 bits per heavy atom. The van der Waals surface area contributed by atoms with E-state index in [1.807, 2.05) is 0 Å². The molecule has 0 bridgehead atoms. The standard InChI is InChI=1S/C12H14N2O4/c1-7-3-4-9(12(17)18)5-10(7)14-11(16)6-13-8(2)15/h3-5H,6H2,1-2H3,(H,13,15)(H,14,16)(H,17,18).